The van der Waals surface area contributed by atoms with E-state index in [1.54, 1.807) is 53.7 Å². The van der Waals surface area contributed by atoms with Crippen LogP contribution in [0.2, 0.25) is 0 Å². The van der Waals surface area contributed by atoms with Crippen LogP contribution in [0.1, 0.15) is 63.8 Å². The second-order valence-corrected chi connectivity index (χ2v) is 15.3. The molecule has 0 saturated heterocycles. The first-order valence-electron chi connectivity index (χ1n) is 15.0. The fraction of sp³-hybridized carbons (Fsp3) is 0.333. The molecule has 6 nitrogen and oxygen atoms in total. The van der Waals surface area contributed by atoms with Gasteiger partial charge < -0.3 is 0 Å². The van der Waals surface area contributed by atoms with Crippen molar-refractivity contribution < 1.29 is 22.4 Å². The average molecular weight is 632 g/mol. The van der Waals surface area contributed by atoms with Crippen molar-refractivity contribution in [2.24, 2.45) is 0 Å². The van der Waals surface area contributed by atoms with Gasteiger partial charge in [-0.2, -0.15) is 8.78 Å². The third kappa shape index (κ3) is 7.09. The average Bonchev–Trinajstić information content (AvgIpc) is 3.41. The van der Waals surface area contributed by atoms with E-state index in [0.717, 1.165) is 27.7 Å². The molecule has 1 atom stereocenters. The molecule has 0 radical (unpaired) electrons. The lowest BCUT2D eigenvalue weighted by molar-refractivity contribution is -0.0213. The summed E-state index contributed by atoms with van der Waals surface area (Å²) in [5.74, 6) is 0. The topological polar surface area (TPSA) is 66.2 Å². The zero-order chi connectivity index (χ0) is 32.5. The van der Waals surface area contributed by atoms with Crippen LogP contribution in [-0.4, -0.2) is 26.2 Å². The maximum absolute atomic E-state index is 16.1. The van der Waals surface area contributed by atoms with Crippen LogP contribution in [-0.2, 0) is 37.7 Å². The van der Waals surface area contributed by atoms with Gasteiger partial charge in [0.05, 0.1) is 22.3 Å². The van der Waals surface area contributed by atoms with E-state index >= 15 is 8.78 Å². The van der Waals surface area contributed by atoms with E-state index in [2.05, 4.69) is 34.6 Å². The van der Waals surface area contributed by atoms with Crippen LogP contribution in [0.3, 0.4) is 0 Å². The number of hydrogen-bond acceptors (Lipinski definition) is 5. The molecule has 0 aliphatic carbocycles. The van der Waals surface area contributed by atoms with Crippen molar-refractivity contribution in [3.63, 3.8) is 0 Å². The molecule has 0 spiro atoms. The van der Waals surface area contributed by atoms with Gasteiger partial charge in [0.2, 0.25) is 0 Å². The lowest BCUT2D eigenvalue weighted by Crippen LogP contribution is -2.40. The molecule has 9 heteroatoms. The third-order valence-electron chi connectivity index (χ3n) is 7.34. The van der Waals surface area contributed by atoms with Crippen molar-refractivity contribution in [3.8, 4) is 0 Å². The highest BCUT2D eigenvalue weighted by Gasteiger charge is 2.58. The van der Waals surface area contributed by atoms with Crippen molar-refractivity contribution in [2.75, 3.05) is 0 Å². The van der Waals surface area contributed by atoms with Crippen LogP contribution in [0, 0.1) is 0 Å². The smallest absolute Gasteiger partial charge is 0.298 e. The summed E-state index contributed by atoms with van der Waals surface area (Å²) in [5, 5.41) is 9.15. The molecule has 1 heterocycles. The quantitative estimate of drug-likeness (QED) is 0.144. The number of fused-ring (bicyclic) bond motifs is 1. The second-order valence-electron chi connectivity index (χ2n) is 13.4. The molecule has 0 aliphatic rings. The molecule has 0 aliphatic heterocycles. The lowest BCUT2D eigenvalue weighted by Gasteiger charge is -2.36. The highest BCUT2D eigenvalue weighted by Crippen LogP contribution is 2.69. The van der Waals surface area contributed by atoms with Gasteiger partial charge in [0, 0.05) is 18.4 Å². The highest BCUT2D eigenvalue weighted by atomic mass is 31.2. The summed E-state index contributed by atoms with van der Waals surface area (Å²) >= 11 is 0. The zero-order valence-electron chi connectivity index (χ0n) is 26.6. The Labute approximate surface area is 263 Å². The molecule has 0 amide bonds. The molecule has 1 unspecified atom stereocenters. The van der Waals surface area contributed by atoms with Crippen LogP contribution >= 0.6 is 7.60 Å². The van der Waals surface area contributed by atoms with Gasteiger partial charge >= 0.3 is 13.3 Å². The number of halogens is 2. The standard InChI is InChI=1S/C36H40F2N3O3P/c1-33(2,3)43-45(42,44-34(4,5)6)36(37,38)30-23-21-28(22-24-30)26-35(29-17-11-8-12-18-29,25-27-15-9-7-10-16-27)41-32-20-14-13-19-31(32)39-40-41/h7-24H,25-26H2,1-6H3. The summed E-state index contributed by atoms with van der Waals surface area (Å²) in [5.41, 5.74) is -2.86. The van der Waals surface area contributed by atoms with Gasteiger partial charge in [-0.1, -0.05) is 102 Å². The van der Waals surface area contributed by atoms with Gasteiger partial charge in [-0.05, 0) is 70.4 Å². The minimum absolute atomic E-state index is 0.416. The van der Waals surface area contributed by atoms with Crippen LogP contribution < -0.4 is 0 Å². The van der Waals surface area contributed by atoms with Gasteiger partial charge in [-0.3, -0.25) is 13.6 Å². The Bertz CT molecular complexity index is 1760. The van der Waals surface area contributed by atoms with Crippen LogP contribution in [0.25, 0.3) is 11.0 Å². The maximum Gasteiger partial charge on any atom is 0.405 e. The molecule has 0 saturated carbocycles. The number of benzene rings is 4. The summed E-state index contributed by atoms with van der Waals surface area (Å²) in [7, 11) is -4.96. The van der Waals surface area contributed by atoms with E-state index < -0.39 is 35.6 Å². The van der Waals surface area contributed by atoms with Crippen LogP contribution in [0.5, 0.6) is 0 Å². The predicted molar refractivity (Wildman–Crippen MR) is 175 cm³/mol. The summed E-state index contributed by atoms with van der Waals surface area (Å²) in [4.78, 5) is 0. The first kappa shape index (κ1) is 32.7. The Hall–Kier alpha value is -3.71. The first-order chi connectivity index (χ1) is 21.1. The van der Waals surface area contributed by atoms with E-state index in [9.17, 15) is 4.57 Å². The van der Waals surface area contributed by atoms with Crippen LogP contribution in [0.4, 0.5) is 8.78 Å². The fourth-order valence-corrected chi connectivity index (χ4v) is 7.75. The lowest BCUT2D eigenvalue weighted by atomic mass is 9.78. The van der Waals surface area contributed by atoms with Crippen LogP contribution in [0.15, 0.2) is 109 Å². The van der Waals surface area contributed by atoms with E-state index in [-0.39, 0.29) is 0 Å². The highest BCUT2D eigenvalue weighted by molar-refractivity contribution is 7.54. The molecule has 236 valence electrons. The van der Waals surface area contributed by atoms with Gasteiger partial charge in [0.25, 0.3) is 0 Å². The van der Waals surface area contributed by atoms with Gasteiger partial charge in [-0.25, -0.2) is 4.68 Å². The van der Waals surface area contributed by atoms with E-state index in [1.807, 2.05) is 65.3 Å². The summed E-state index contributed by atoms with van der Waals surface area (Å²) in [6.45, 7) is 9.47. The largest absolute Gasteiger partial charge is 0.405 e. The normalized spacial score (nSPS) is 14.4. The van der Waals surface area contributed by atoms with Crippen molar-refractivity contribution in [1.82, 2.24) is 15.0 Å². The van der Waals surface area contributed by atoms with E-state index in [4.69, 9.17) is 9.05 Å². The Kier molecular flexibility index (Phi) is 8.89. The maximum atomic E-state index is 16.1. The fourth-order valence-electron chi connectivity index (χ4n) is 5.58. The van der Waals surface area contributed by atoms with Crippen molar-refractivity contribution in [2.45, 2.75) is 76.8 Å². The Balaban J connectivity index is 1.62. The molecule has 45 heavy (non-hydrogen) atoms. The Morgan fingerprint density at radius 2 is 1.13 bits per heavy atom. The van der Waals surface area contributed by atoms with Gasteiger partial charge in [0.1, 0.15) is 5.52 Å². The second kappa shape index (κ2) is 12.2. The number of alkyl halides is 2. The Morgan fingerprint density at radius 3 is 1.69 bits per heavy atom. The van der Waals surface area contributed by atoms with Crippen molar-refractivity contribution in [3.05, 3.63) is 131 Å². The van der Waals surface area contributed by atoms with Gasteiger partial charge in [0.15, 0.2) is 0 Å². The molecule has 0 bridgehead atoms. The first-order valence-corrected chi connectivity index (χ1v) is 16.6. The summed E-state index contributed by atoms with van der Waals surface area (Å²) < 4.78 is 59.1. The molecule has 4 aromatic carbocycles. The predicted octanol–water partition coefficient (Wildman–Crippen LogP) is 9.53. The van der Waals surface area contributed by atoms with E-state index in [1.165, 1.54) is 12.1 Å². The molecule has 5 rings (SSSR count). The minimum Gasteiger partial charge on any atom is -0.298 e. The molecule has 0 fully saturated rings. The third-order valence-corrected chi connectivity index (χ3v) is 9.86. The molecule has 1 aromatic heterocycles. The Morgan fingerprint density at radius 1 is 0.644 bits per heavy atom. The number of nitrogens with zero attached hydrogens (tertiary/aromatic N) is 3. The van der Waals surface area contributed by atoms with Crippen molar-refractivity contribution >= 4 is 18.6 Å². The molecule has 0 N–H and O–H groups in total. The number of para-hydroxylation sites is 1. The summed E-state index contributed by atoms with van der Waals surface area (Å²) in [6.07, 6.45) is 0.983. The molecule has 5 aromatic rings. The monoisotopic (exact) mass is 631 g/mol. The zero-order valence-corrected chi connectivity index (χ0v) is 27.5. The van der Waals surface area contributed by atoms with Crippen molar-refractivity contribution in [1.29, 1.82) is 0 Å². The molecular formula is C36H40F2N3O3P. The number of rotatable bonds is 10. The van der Waals surface area contributed by atoms with E-state index in [0.29, 0.717) is 12.8 Å². The van der Waals surface area contributed by atoms with Gasteiger partial charge in [-0.15, -0.1) is 5.10 Å². The minimum atomic E-state index is -4.96. The number of aromatic nitrogens is 3. The molecular weight excluding hydrogens is 591 g/mol. The number of hydrogen-bond donors (Lipinski definition) is 0. The SMILES string of the molecule is CC(C)(C)OP(=O)(OC(C)(C)C)C(F)(F)c1ccc(CC(Cc2ccccc2)(c2ccccc2)n2nnc3ccccc32)cc1. The summed E-state index contributed by atoms with van der Waals surface area (Å²) in [6, 6.07) is 33.9.